The van der Waals surface area contributed by atoms with E-state index in [1.54, 1.807) is 12.1 Å². The molecule has 4 atom stereocenters. The van der Waals surface area contributed by atoms with E-state index in [-0.39, 0.29) is 24.7 Å². The maximum Gasteiger partial charge on any atom is 0.374 e. The molecule has 0 aliphatic carbocycles. The molecule has 2 saturated heterocycles. The van der Waals surface area contributed by atoms with Crippen molar-refractivity contribution < 1.29 is 37.4 Å². The highest BCUT2D eigenvalue weighted by atomic mass is 16.7. The summed E-state index contributed by atoms with van der Waals surface area (Å²) in [6.45, 7) is 0.327. The van der Waals surface area contributed by atoms with E-state index < -0.39 is 36.4 Å². The molecule has 2 aliphatic heterocycles. The van der Waals surface area contributed by atoms with E-state index in [0.717, 1.165) is 0 Å². The quantitative estimate of drug-likeness (QED) is 0.775. The first kappa shape index (κ1) is 15.0. The van der Waals surface area contributed by atoms with Crippen molar-refractivity contribution in [1.29, 1.82) is 0 Å². The van der Waals surface area contributed by atoms with Crippen LogP contribution in [0.1, 0.15) is 21.1 Å². The van der Waals surface area contributed by atoms with Crippen LogP contribution < -0.4 is 0 Å². The number of fused-ring (bicyclic) bond motifs is 1. The van der Waals surface area contributed by atoms with Crippen molar-refractivity contribution >= 4 is 11.9 Å². The predicted octanol–water partition coefficient (Wildman–Crippen LogP) is 1.42. The van der Waals surface area contributed by atoms with Crippen LogP contribution in [0.15, 0.2) is 45.6 Å². The first-order valence-electron chi connectivity index (χ1n) is 7.44. The molecule has 2 aromatic heterocycles. The van der Waals surface area contributed by atoms with Crippen LogP contribution in [-0.2, 0) is 18.9 Å². The van der Waals surface area contributed by atoms with E-state index >= 15 is 0 Å². The van der Waals surface area contributed by atoms with Gasteiger partial charge < -0.3 is 27.8 Å². The van der Waals surface area contributed by atoms with Crippen molar-refractivity contribution in [3.8, 4) is 0 Å². The molecule has 0 radical (unpaired) electrons. The van der Waals surface area contributed by atoms with Crippen molar-refractivity contribution in [2.24, 2.45) is 0 Å². The van der Waals surface area contributed by atoms with Crippen LogP contribution in [0.2, 0.25) is 0 Å². The zero-order valence-corrected chi connectivity index (χ0v) is 12.5. The Bertz CT molecular complexity index is 642. The molecule has 4 heterocycles. The van der Waals surface area contributed by atoms with Gasteiger partial charge in [-0.25, -0.2) is 9.59 Å². The second-order valence-electron chi connectivity index (χ2n) is 5.44. The van der Waals surface area contributed by atoms with E-state index in [1.807, 2.05) is 0 Å². The van der Waals surface area contributed by atoms with E-state index in [4.69, 9.17) is 27.8 Å². The Morgan fingerprint density at radius 2 is 1.29 bits per heavy atom. The van der Waals surface area contributed by atoms with Crippen molar-refractivity contribution in [1.82, 2.24) is 0 Å². The molecule has 2 aromatic rings. The average Bonchev–Trinajstić information content (AvgIpc) is 3.36. The molecular weight excluding hydrogens is 320 g/mol. The third-order valence-electron chi connectivity index (χ3n) is 3.92. The summed E-state index contributed by atoms with van der Waals surface area (Å²) in [5, 5.41) is 0. The fraction of sp³-hybridized carbons (Fsp3) is 0.375. The number of hydrogen-bond acceptors (Lipinski definition) is 8. The molecule has 24 heavy (non-hydrogen) atoms. The largest absolute Gasteiger partial charge is 0.457 e. The Morgan fingerprint density at radius 3 is 1.67 bits per heavy atom. The molecule has 0 bridgehead atoms. The van der Waals surface area contributed by atoms with E-state index in [9.17, 15) is 9.59 Å². The number of hydrogen-bond donors (Lipinski definition) is 0. The average molecular weight is 334 g/mol. The van der Waals surface area contributed by atoms with Gasteiger partial charge in [0.05, 0.1) is 25.7 Å². The molecule has 0 unspecified atom stereocenters. The predicted molar refractivity (Wildman–Crippen MR) is 75.3 cm³/mol. The maximum atomic E-state index is 11.9. The summed E-state index contributed by atoms with van der Waals surface area (Å²) in [6, 6.07) is 6.22. The zero-order valence-electron chi connectivity index (χ0n) is 12.5. The van der Waals surface area contributed by atoms with E-state index in [0.29, 0.717) is 0 Å². The highest BCUT2D eigenvalue weighted by molar-refractivity contribution is 5.86. The molecule has 0 N–H and O–H groups in total. The van der Waals surface area contributed by atoms with Crippen LogP contribution >= 0.6 is 0 Å². The lowest BCUT2D eigenvalue weighted by molar-refractivity contribution is -0.0307. The smallest absolute Gasteiger partial charge is 0.374 e. The Labute approximate surface area is 136 Å². The van der Waals surface area contributed by atoms with Crippen molar-refractivity contribution in [3.05, 3.63) is 48.3 Å². The van der Waals surface area contributed by atoms with Gasteiger partial charge in [-0.3, -0.25) is 0 Å². The first-order valence-corrected chi connectivity index (χ1v) is 7.44. The summed E-state index contributed by atoms with van der Waals surface area (Å²) in [6.07, 6.45) is 0.637. The van der Waals surface area contributed by atoms with Crippen LogP contribution in [0.4, 0.5) is 0 Å². The Hall–Kier alpha value is -2.58. The third-order valence-corrected chi connectivity index (χ3v) is 3.92. The number of ether oxygens (including phenoxy) is 4. The maximum absolute atomic E-state index is 11.9. The molecule has 126 valence electrons. The number of furan rings is 2. The third kappa shape index (κ3) is 2.70. The van der Waals surface area contributed by atoms with Gasteiger partial charge in [-0.2, -0.15) is 0 Å². The SMILES string of the molecule is O=C(O[C@H]1CO[C@H]2[C@H]1OC[C@H]2OC(=O)c1ccco1)c1ccco1. The van der Waals surface area contributed by atoms with Gasteiger partial charge in [0.15, 0.2) is 12.2 Å². The number of esters is 2. The summed E-state index contributed by atoms with van der Waals surface area (Å²) in [5.74, 6) is -0.961. The minimum Gasteiger partial charge on any atom is -0.457 e. The lowest BCUT2D eigenvalue weighted by Gasteiger charge is -2.16. The molecule has 0 spiro atoms. The zero-order chi connectivity index (χ0) is 16.5. The van der Waals surface area contributed by atoms with Gasteiger partial charge in [0.2, 0.25) is 11.5 Å². The summed E-state index contributed by atoms with van der Waals surface area (Å²) < 4.78 is 31.9. The van der Waals surface area contributed by atoms with Gasteiger partial charge >= 0.3 is 11.9 Å². The van der Waals surface area contributed by atoms with E-state index in [2.05, 4.69) is 0 Å². The summed E-state index contributed by atoms with van der Waals surface area (Å²) in [4.78, 5) is 23.9. The highest BCUT2D eigenvalue weighted by Gasteiger charge is 2.51. The number of carbonyl (C=O) groups is 2. The highest BCUT2D eigenvalue weighted by Crippen LogP contribution is 2.31. The van der Waals surface area contributed by atoms with Crippen LogP contribution in [0.25, 0.3) is 0 Å². The monoisotopic (exact) mass is 334 g/mol. The molecule has 8 heteroatoms. The topological polar surface area (TPSA) is 97.3 Å². The molecule has 0 aromatic carbocycles. The normalized spacial score (nSPS) is 28.5. The summed E-state index contributed by atoms with van der Waals surface area (Å²) in [5.41, 5.74) is 0. The number of carbonyl (C=O) groups excluding carboxylic acids is 2. The minimum atomic E-state index is -0.589. The van der Waals surface area contributed by atoms with Crippen LogP contribution in [0.5, 0.6) is 0 Å². The van der Waals surface area contributed by atoms with Gasteiger partial charge in [-0.1, -0.05) is 0 Å². The standard InChI is InChI=1S/C16H14O8/c17-15(9-3-1-5-19-9)23-11-7-21-14-12(8-22-13(11)14)24-16(18)10-4-2-6-20-10/h1-6,11-14H,7-8H2/t11-,12+,13-,14+. The van der Waals surface area contributed by atoms with Crippen molar-refractivity contribution in [2.45, 2.75) is 24.4 Å². The molecule has 8 nitrogen and oxygen atoms in total. The summed E-state index contributed by atoms with van der Waals surface area (Å²) >= 11 is 0. The van der Waals surface area contributed by atoms with Gasteiger partial charge in [-0.15, -0.1) is 0 Å². The lowest BCUT2D eigenvalue weighted by Crippen LogP contribution is -2.35. The minimum absolute atomic E-state index is 0.109. The van der Waals surface area contributed by atoms with Gasteiger partial charge in [0.1, 0.15) is 12.2 Å². The van der Waals surface area contributed by atoms with Crippen molar-refractivity contribution in [2.75, 3.05) is 13.2 Å². The van der Waals surface area contributed by atoms with Gasteiger partial charge in [-0.05, 0) is 24.3 Å². The first-order chi connectivity index (χ1) is 11.7. The Morgan fingerprint density at radius 1 is 0.833 bits per heavy atom. The summed E-state index contributed by atoms with van der Waals surface area (Å²) in [7, 11) is 0. The van der Waals surface area contributed by atoms with Crippen LogP contribution in [-0.4, -0.2) is 49.6 Å². The molecule has 4 rings (SSSR count). The fourth-order valence-corrected chi connectivity index (χ4v) is 2.81. The second kappa shape index (κ2) is 6.14. The Kier molecular flexibility index (Phi) is 3.83. The molecule has 0 saturated carbocycles. The molecule has 0 amide bonds. The van der Waals surface area contributed by atoms with Crippen LogP contribution in [0.3, 0.4) is 0 Å². The molecule has 2 aliphatic rings. The van der Waals surface area contributed by atoms with E-state index in [1.165, 1.54) is 24.7 Å². The molecule has 2 fully saturated rings. The molecular formula is C16H14O8. The fourth-order valence-electron chi connectivity index (χ4n) is 2.81. The second-order valence-corrected chi connectivity index (χ2v) is 5.44. The number of rotatable bonds is 4. The Balaban J connectivity index is 1.37. The van der Waals surface area contributed by atoms with Gasteiger partial charge in [0, 0.05) is 0 Å². The van der Waals surface area contributed by atoms with Crippen LogP contribution in [0, 0.1) is 0 Å². The lowest BCUT2D eigenvalue weighted by atomic mass is 10.1. The van der Waals surface area contributed by atoms with Crippen molar-refractivity contribution in [3.63, 3.8) is 0 Å². The van der Waals surface area contributed by atoms with Gasteiger partial charge in [0.25, 0.3) is 0 Å².